The molecule has 3 N–H and O–H groups in total. The second-order valence-electron chi connectivity index (χ2n) is 6.87. The number of hydrogen-bond acceptors (Lipinski definition) is 3. The average Bonchev–Trinajstić information content (AvgIpc) is 3.21. The van der Waals surface area contributed by atoms with Gasteiger partial charge in [-0.1, -0.05) is 18.9 Å². The highest BCUT2D eigenvalue weighted by molar-refractivity contribution is 5.95. The number of aryl methyl sites for hydroxylation is 1. The fourth-order valence-corrected chi connectivity index (χ4v) is 3.96. The van der Waals surface area contributed by atoms with Crippen LogP contribution in [0, 0.1) is 12.7 Å². The molecule has 0 unspecified atom stereocenters. The topological polar surface area (TPSA) is 69.8 Å². The number of H-pyrrole nitrogens is 1. The minimum absolute atomic E-state index is 0.134. The van der Waals surface area contributed by atoms with E-state index in [4.69, 9.17) is 0 Å². The highest BCUT2D eigenvalue weighted by Gasteiger charge is 2.45. The first kappa shape index (κ1) is 15.3. The number of amides is 1. The molecule has 2 heterocycles. The van der Waals surface area contributed by atoms with Crippen molar-refractivity contribution in [3.05, 3.63) is 47.3 Å². The molecule has 1 spiro atoms. The Morgan fingerprint density at radius 2 is 2.17 bits per heavy atom. The number of nitrogens with one attached hydrogen (secondary N) is 3. The first-order valence-corrected chi connectivity index (χ1v) is 8.45. The maximum absolute atomic E-state index is 13.7. The molecule has 1 amide bonds. The van der Waals surface area contributed by atoms with Crippen LogP contribution in [0.15, 0.2) is 24.5 Å². The predicted octanol–water partition coefficient (Wildman–Crippen LogP) is 2.78. The molecular weight excluding hydrogens is 307 g/mol. The summed E-state index contributed by atoms with van der Waals surface area (Å²) < 4.78 is 13.7. The van der Waals surface area contributed by atoms with E-state index in [1.54, 1.807) is 25.4 Å². The average molecular weight is 328 g/mol. The Labute approximate surface area is 140 Å². The van der Waals surface area contributed by atoms with E-state index < -0.39 is 0 Å². The van der Waals surface area contributed by atoms with Gasteiger partial charge in [0.1, 0.15) is 5.82 Å². The lowest BCUT2D eigenvalue weighted by atomic mass is 9.84. The lowest BCUT2D eigenvalue weighted by Crippen LogP contribution is -2.56. The summed E-state index contributed by atoms with van der Waals surface area (Å²) in [4.78, 5) is 20.4. The van der Waals surface area contributed by atoms with E-state index in [1.165, 1.54) is 6.07 Å². The number of aromatic amines is 1. The van der Waals surface area contributed by atoms with Gasteiger partial charge in [-0.25, -0.2) is 9.37 Å². The minimum atomic E-state index is -0.347. The number of carbonyl (C=O) groups excluding carboxylic acids is 1. The lowest BCUT2D eigenvalue weighted by Gasteiger charge is -2.38. The van der Waals surface area contributed by atoms with Crippen molar-refractivity contribution >= 4 is 11.6 Å². The number of benzene rings is 1. The molecule has 4 rings (SSSR count). The zero-order chi connectivity index (χ0) is 16.7. The molecule has 0 radical (unpaired) electrons. The van der Waals surface area contributed by atoms with E-state index in [0.29, 0.717) is 17.7 Å². The number of nitrogens with zero attached hydrogens (tertiary/aromatic N) is 1. The molecule has 0 bridgehead atoms. The van der Waals surface area contributed by atoms with Gasteiger partial charge in [-0.2, -0.15) is 0 Å². The van der Waals surface area contributed by atoms with E-state index in [1.807, 2.05) is 0 Å². The van der Waals surface area contributed by atoms with Crippen molar-refractivity contribution in [3.8, 4) is 0 Å². The Hall–Kier alpha value is -2.21. The SMILES string of the molecule is Cc1ccc(NC(=O)[C@@H]2Cc3[nH]cnc3C3(CCCC3)N2)cc1F. The van der Waals surface area contributed by atoms with Gasteiger partial charge in [-0.05, 0) is 37.5 Å². The summed E-state index contributed by atoms with van der Waals surface area (Å²) in [6, 6.07) is 4.42. The summed E-state index contributed by atoms with van der Waals surface area (Å²) in [7, 11) is 0. The van der Waals surface area contributed by atoms with Gasteiger partial charge in [0, 0.05) is 17.8 Å². The third-order valence-electron chi connectivity index (χ3n) is 5.24. The zero-order valence-electron chi connectivity index (χ0n) is 13.7. The molecule has 5 nitrogen and oxygen atoms in total. The van der Waals surface area contributed by atoms with Gasteiger partial charge in [-0.3, -0.25) is 10.1 Å². The van der Waals surface area contributed by atoms with Gasteiger partial charge in [0.15, 0.2) is 0 Å². The van der Waals surface area contributed by atoms with Crippen molar-refractivity contribution in [2.45, 2.75) is 50.6 Å². The molecule has 1 aromatic heterocycles. The number of hydrogen-bond donors (Lipinski definition) is 3. The summed E-state index contributed by atoms with van der Waals surface area (Å²) in [6.07, 6.45) is 6.54. The molecule has 1 fully saturated rings. The highest BCUT2D eigenvalue weighted by atomic mass is 19.1. The largest absolute Gasteiger partial charge is 0.348 e. The maximum atomic E-state index is 13.7. The molecule has 2 aliphatic rings. The molecule has 0 saturated heterocycles. The standard InChI is InChI=1S/C18H21FN4O/c1-11-4-5-12(8-13(11)19)22-17(24)15-9-14-16(21-10-20-14)18(23-15)6-2-3-7-18/h4-5,8,10,15,23H,2-3,6-7,9H2,1H3,(H,20,21)(H,22,24)/t15-/m0/s1. The van der Waals surface area contributed by atoms with Crippen LogP contribution in [0.4, 0.5) is 10.1 Å². The van der Waals surface area contributed by atoms with E-state index >= 15 is 0 Å². The quantitative estimate of drug-likeness (QED) is 0.794. The molecule has 1 aliphatic carbocycles. The van der Waals surface area contributed by atoms with E-state index in [9.17, 15) is 9.18 Å². The first-order valence-electron chi connectivity index (χ1n) is 8.45. The Kier molecular flexibility index (Phi) is 3.64. The predicted molar refractivity (Wildman–Crippen MR) is 89.1 cm³/mol. The van der Waals surface area contributed by atoms with Crippen LogP contribution in [0.3, 0.4) is 0 Å². The second-order valence-corrected chi connectivity index (χ2v) is 6.87. The van der Waals surface area contributed by atoms with Crippen molar-refractivity contribution in [3.63, 3.8) is 0 Å². The molecule has 1 aromatic carbocycles. The molecule has 1 aliphatic heterocycles. The normalized spacial score (nSPS) is 21.7. The van der Waals surface area contributed by atoms with E-state index in [-0.39, 0.29) is 23.3 Å². The van der Waals surface area contributed by atoms with Crippen LogP contribution in [-0.4, -0.2) is 21.9 Å². The summed E-state index contributed by atoms with van der Waals surface area (Å²) >= 11 is 0. The Morgan fingerprint density at radius 3 is 2.92 bits per heavy atom. The van der Waals surface area contributed by atoms with E-state index in [2.05, 4.69) is 20.6 Å². The molecule has 24 heavy (non-hydrogen) atoms. The Bertz CT molecular complexity index is 779. The van der Waals surface area contributed by atoms with Crippen LogP contribution in [0.25, 0.3) is 0 Å². The molecule has 6 heteroatoms. The van der Waals surface area contributed by atoms with Crippen LogP contribution in [0.5, 0.6) is 0 Å². The third-order valence-corrected chi connectivity index (χ3v) is 5.24. The van der Waals surface area contributed by atoms with E-state index in [0.717, 1.165) is 37.1 Å². The van der Waals surface area contributed by atoms with Crippen molar-refractivity contribution in [1.29, 1.82) is 0 Å². The van der Waals surface area contributed by atoms with Crippen LogP contribution in [0.2, 0.25) is 0 Å². The summed E-state index contributed by atoms with van der Waals surface area (Å²) in [5.74, 6) is -0.447. The first-order chi connectivity index (χ1) is 11.6. The second kappa shape index (κ2) is 5.70. The highest BCUT2D eigenvalue weighted by Crippen LogP contribution is 2.42. The summed E-state index contributed by atoms with van der Waals surface area (Å²) in [6.45, 7) is 1.70. The van der Waals surface area contributed by atoms with Gasteiger partial charge >= 0.3 is 0 Å². The van der Waals surface area contributed by atoms with Crippen molar-refractivity contribution in [2.24, 2.45) is 0 Å². The molecular formula is C18H21FN4O. The number of imidazole rings is 1. The molecule has 126 valence electrons. The lowest BCUT2D eigenvalue weighted by molar-refractivity contribution is -0.119. The monoisotopic (exact) mass is 328 g/mol. The van der Waals surface area contributed by atoms with Crippen molar-refractivity contribution < 1.29 is 9.18 Å². The number of fused-ring (bicyclic) bond motifs is 2. The Morgan fingerprint density at radius 1 is 1.38 bits per heavy atom. The van der Waals surface area contributed by atoms with Crippen molar-refractivity contribution in [2.75, 3.05) is 5.32 Å². The number of halogens is 1. The van der Waals surface area contributed by atoms with Gasteiger partial charge in [-0.15, -0.1) is 0 Å². The van der Waals surface area contributed by atoms with Crippen LogP contribution in [-0.2, 0) is 16.8 Å². The fourth-order valence-electron chi connectivity index (χ4n) is 3.96. The number of anilines is 1. The minimum Gasteiger partial charge on any atom is -0.348 e. The van der Waals surface area contributed by atoms with Gasteiger partial charge in [0.05, 0.1) is 23.6 Å². The third kappa shape index (κ3) is 2.51. The van der Waals surface area contributed by atoms with Gasteiger partial charge in [0.25, 0.3) is 0 Å². The smallest absolute Gasteiger partial charge is 0.241 e. The summed E-state index contributed by atoms with van der Waals surface area (Å²) in [5, 5.41) is 6.36. The Balaban J connectivity index is 1.56. The van der Waals surface area contributed by atoms with Gasteiger partial charge in [0.2, 0.25) is 5.91 Å². The van der Waals surface area contributed by atoms with Crippen molar-refractivity contribution in [1.82, 2.24) is 15.3 Å². The fraction of sp³-hybridized carbons (Fsp3) is 0.444. The number of rotatable bonds is 2. The summed E-state index contributed by atoms with van der Waals surface area (Å²) in [5.41, 5.74) is 2.95. The molecule has 1 atom stereocenters. The molecule has 1 saturated carbocycles. The number of aromatic nitrogens is 2. The van der Waals surface area contributed by atoms with Crippen LogP contribution < -0.4 is 10.6 Å². The van der Waals surface area contributed by atoms with Crippen LogP contribution >= 0.6 is 0 Å². The molecule has 2 aromatic rings. The van der Waals surface area contributed by atoms with Crippen LogP contribution in [0.1, 0.15) is 42.6 Å². The number of carbonyl (C=O) groups is 1. The maximum Gasteiger partial charge on any atom is 0.241 e. The van der Waals surface area contributed by atoms with Gasteiger partial charge < -0.3 is 10.3 Å². The zero-order valence-corrected chi connectivity index (χ0v) is 13.7.